The topological polar surface area (TPSA) is 76.1 Å². The first-order valence-electron chi connectivity index (χ1n) is 5.43. The van der Waals surface area contributed by atoms with Crippen LogP contribution in [0.25, 0.3) is 0 Å². The van der Waals surface area contributed by atoms with Crippen LogP contribution >= 0.6 is 0 Å². The van der Waals surface area contributed by atoms with Gasteiger partial charge in [0.1, 0.15) is 12.7 Å². The van der Waals surface area contributed by atoms with Crippen LogP contribution in [0, 0.1) is 0 Å². The van der Waals surface area contributed by atoms with Crippen molar-refractivity contribution in [2.45, 2.75) is 6.10 Å². The number of esters is 1. The Bertz CT molecular complexity index is 473. The number of nitrogens with zero attached hydrogens (tertiary/aromatic N) is 1. The van der Waals surface area contributed by atoms with Crippen LogP contribution in [0.4, 0.5) is 0 Å². The number of hydrogen-bond donors (Lipinski definition) is 1. The van der Waals surface area contributed by atoms with Crippen LogP contribution < -0.4 is 0 Å². The van der Waals surface area contributed by atoms with Crippen molar-refractivity contribution in [2.75, 3.05) is 20.3 Å². The number of aliphatic hydroxyl groups is 1. The van der Waals surface area contributed by atoms with Crippen LogP contribution in [-0.4, -0.2) is 48.4 Å². The SMILES string of the molecule is COC(=O)c1ccccc1C(=O)N1C[C@H](O)CO1. The summed E-state index contributed by atoms with van der Waals surface area (Å²) in [6, 6.07) is 6.31. The van der Waals surface area contributed by atoms with Gasteiger partial charge in [0.15, 0.2) is 0 Å². The van der Waals surface area contributed by atoms with Gasteiger partial charge in [-0.15, -0.1) is 0 Å². The summed E-state index contributed by atoms with van der Waals surface area (Å²) in [7, 11) is 1.25. The standard InChI is InChI=1S/C12H13NO5/c1-17-12(16)10-5-3-2-4-9(10)11(15)13-6-8(14)7-18-13/h2-5,8,14H,6-7H2,1H3/t8-/m0/s1. The lowest BCUT2D eigenvalue weighted by Crippen LogP contribution is -2.29. The average Bonchev–Trinajstić information content (AvgIpc) is 2.83. The number of methoxy groups -OCH3 is 1. The highest BCUT2D eigenvalue weighted by Gasteiger charge is 2.29. The molecule has 1 aromatic rings. The summed E-state index contributed by atoms with van der Waals surface area (Å²) >= 11 is 0. The molecule has 0 saturated carbocycles. The molecule has 1 N–H and O–H groups in total. The summed E-state index contributed by atoms with van der Waals surface area (Å²) in [6.45, 7) is 0.167. The van der Waals surface area contributed by atoms with Gasteiger partial charge in [-0.1, -0.05) is 12.1 Å². The van der Waals surface area contributed by atoms with E-state index in [0.29, 0.717) is 0 Å². The summed E-state index contributed by atoms with van der Waals surface area (Å²) in [5.41, 5.74) is 0.369. The summed E-state index contributed by atoms with van der Waals surface area (Å²) in [5.74, 6) is -1.05. The van der Waals surface area contributed by atoms with Gasteiger partial charge in [-0.05, 0) is 12.1 Å². The van der Waals surface area contributed by atoms with E-state index in [1.807, 2.05) is 0 Å². The van der Waals surface area contributed by atoms with Crippen LogP contribution in [0.15, 0.2) is 24.3 Å². The first-order valence-corrected chi connectivity index (χ1v) is 5.43. The third-order valence-corrected chi connectivity index (χ3v) is 2.59. The monoisotopic (exact) mass is 251 g/mol. The van der Waals surface area contributed by atoms with Crippen molar-refractivity contribution in [1.29, 1.82) is 0 Å². The lowest BCUT2D eigenvalue weighted by molar-refractivity contribution is -0.0780. The molecule has 0 aromatic heterocycles. The second-order valence-electron chi connectivity index (χ2n) is 3.85. The maximum Gasteiger partial charge on any atom is 0.338 e. The van der Waals surface area contributed by atoms with Crippen LogP contribution in [0.2, 0.25) is 0 Å². The third kappa shape index (κ3) is 2.34. The van der Waals surface area contributed by atoms with Gasteiger partial charge in [0.25, 0.3) is 5.91 Å². The molecule has 96 valence electrons. The molecule has 0 unspecified atom stereocenters. The average molecular weight is 251 g/mol. The molecule has 1 aromatic carbocycles. The Morgan fingerprint density at radius 1 is 1.39 bits per heavy atom. The van der Waals surface area contributed by atoms with E-state index < -0.39 is 18.0 Å². The smallest absolute Gasteiger partial charge is 0.338 e. The maximum absolute atomic E-state index is 12.1. The summed E-state index contributed by atoms with van der Waals surface area (Å²) < 4.78 is 4.61. The van der Waals surface area contributed by atoms with Gasteiger partial charge in [-0.3, -0.25) is 9.63 Å². The Morgan fingerprint density at radius 3 is 2.61 bits per heavy atom. The highest BCUT2D eigenvalue weighted by atomic mass is 16.7. The van der Waals surface area contributed by atoms with Gasteiger partial charge in [-0.25, -0.2) is 9.86 Å². The molecule has 1 atom stereocenters. The Morgan fingerprint density at radius 2 is 2.06 bits per heavy atom. The number of carbonyl (C=O) groups excluding carboxylic acids is 2. The molecule has 1 amide bonds. The van der Waals surface area contributed by atoms with E-state index in [1.165, 1.54) is 19.2 Å². The number of aliphatic hydroxyl groups excluding tert-OH is 1. The number of hydrogen-bond acceptors (Lipinski definition) is 5. The molecular formula is C12H13NO5. The number of carbonyl (C=O) groups is 2. The maximum atomic E-state index is 12.1. The Labute approximate surface area is 104 Å². The number of ether oxygens (including phenoxy) is 1. The van der Waals surface area contributed by atoms with Crippen LogP contribution in [-0.2, 0) is 9.57 Å². The van der Waals surface area contributed by atoms with E-state index in [9.17, 15) is 14.7 Å². The molecule has 1 heterocycles. The van der Waals surface area contributed by atoms with E-state index in [1.54, 1.807) is 12.1 Å². The van der Waals surface area contributed by atoms with Gasteiger partial charge in [-0.2, -0.15) is 0 Å². The van der Waals surface area contributed by atoms with Gasteiger partial charge in [0.2, 0.25) is 0 Å². The van der Waals surface area contributed by atoms with Gasteiger partial charge in [0, 0.05) is 0 Å². The van der Waals surface area contributed by atoms with Crippen molar-refractivity contribution in [3.8, 4) is 0 Å². The quantitative estimate of drug-likeness (QED) is 0.761. The summed E-state index contributed by atoms with van der Waals surface area (Å²) in [5, 5.41) is 10.4. The number of amides is 1. The lowest BCUT2D eigenvalue weighted by atomic mass is 10.1. The Hall–Kier alpha value is -1.92. The molecule has 2 rings (SSSR count). The van der Waals surface area contributed by atoms with E-state index in [2.05, 4.69) is 4.74 Å². The van der Waals surface area contributed by atoms with Gasteiger partial charge >= 0.3 is 5.97 Å². The molecule has 1 aliphatic rings. The molecular weight excluding hydrogens is 238 g/mol. The van der Waals surface area contributed by atoms with Gasteiger partial charge in [0.05, 0.1) is 24.8 Å². The molecule has 0 aliphatic carbocycles. The van der Waals surface area contributed by atoms with Crippen LogP contribution in [0.5, 0.6) is 0 Å². The zero-order valence-electron chi connectivity index (χ0n) is 9.83. The minimum absolute atomic E-state index is 0.0755. The number of hydroxylamine groups is 2. The first kappa shape index (κ1) is 12.5. The normalized spacial score (nSPS) is 18.8. The van der Waals surface area contributed by atoms with Gasteiger partial charge < -0.3 is 9.84 Å². The molecule has 0 bridgehead atoms. The van der Waals surface area contributed by atoms with E-state index in [0.717, 1.165) is 5.06 Å². The molecule has 1 fully saturated rings. The molecule has 0 spiro atoms. The molecule has 6 nitrogen and oxygen atoms in total. The number of β-amino-alcohol motifs (C(OH)–C–C–N with tert-alkyl or cyclic N) is 1. The number of benzene rings is 1. The van der Waals surface area contributed by atoms with Crippen molar-refractivity contribution in [3.63, 3.8) is 0 Å². The Kier molecular flexibility index (Phi) is 3.59. The minimum Gasteiger partial charge on any atom is -0.465 e. The zero-order valence-corrected chi connectivity index (χ0v) is 9.83. The Balaban J connectivity index is 2.27. The predicted molar refractivity (Wildman–Crippen MR) is 60.8 cm³/mol. The predicted octanol–water partition coefficient (Wildman–Crippen LogP) is 0.221. The minimum atomic E-state index is -0.695. The molecule has 0 radical (unpaired) electrons. The van der Waals surface area contributed by atoms with Crippen LogP contribution in [0.3, 0.4) is 0 Å². The van der Waals surface area contributed by atoms with Crippen molar-refractivity contribution < 1.29 is 24.3 Å². The largest absolute Gasteiger partial charge is 0.465 e. The molecule has 1 saturated heterocycles. The van der Waals surface area contributed by atoms with Crippen molar-refractivity contribution >= 4 is 11.9 Å². The molecule has 18 heavy (non-hydrogen) atoms. The van der Waals surface area contributed by atoms with Crippen molar-refractivity contribution in [3.05, 3.63) is 35.4 Å². The lowest BCUT2D eigenvalue weighted by Gasteiger charge is -2.15. The summed E-state index contributed by atoms with van der Waals surface area (Å²) in [4.78, 5) is 28.7. The first-order chi connectivity index (χ1) is 8.63. The fourth-order valence-corrected chi connectivity index (χ4v) is 1.71. The molecule has 6 heteroatoms. The van der Waals surface area contributed by atoms with E-state index >= 15 is 0 Å². The molecule has 1 aliphatic heterocycles. The number of rotatable bonds is 2. The fraction of sp³-hybridized carbons (Fsp3) is 0.333. The van der Waals surface area contributed by atoms with Crippen molar-refractivity contribution in [2.24, 2.45) is 0 Å². The van der Waals surface area contributed by atoms with Crippen molar-refractivity contribution in [1.82, 2.24) is 5.06 Å². The zero-order chi connectivity index (χ0) is 13.1. The van der Waals surface area contributed by atoms with E-state index in [4.69, 9.17) is 4.84 Å². The fourth-order valence-electron chi connectivity index (χ4n) is 1.71. The highest BCUT2D eigenvalue weighted by molar-refractivity contribution is 6.05. The third-order valence-electron chi connectivity index (χ3n) is 2.59. The summed E-state index contributed by atoms with van der Waals surface area (Å²) in [6.07, 6.45) is -0.695. The van der Waals surface area contributed by atoms with Crippen LogP contribution in [0.1, 0.15) is 20.7 Å². The highest BCUT2D eigenvalue weighted by Crippen LogP contribution is 2.16. The second kappa shape index (κ2) is 5.16. The van der Waals surface area contributed by atoms with E-state index in [-0.39, 0.29) is 24.3 Å². The second-order valence-corrected chi connectivity index (χ2v) is 3.85.